The fraction of sp³-hybridized carbons (Fsp3) is 0.792. The first-order valence-corrected chi connectivity index (χ1v) is 14.0. The normalized spacial score (nSPS) is 22.8. The molecule has 0 aromatic rings. The number of thioether (sulfide) groups is 1. The fourth-order valence-electron chi connectivity index (χ4n) is 4.31. The standard InChI is InChI=1S/C24H37N3O9S/c28-17(4-1-2-6-19-23-18(16-37-19)25-24(32)26-23)5-3-10-33-12-14-35-15-13-34-11-9-22(31)36-27-20(29)7-8-21(27)30/h18-19,23H,1-16H2,(H2,25,26,32)/t18-,19-,23-/m0/s1. The molecule has 3 rings (SSSR count). The summed E-state index contributed by atoms with van der Waals surface area (Å²) in [6.45, 7) is 2.04. The Balaban J connectivity index is 1.04. The Bertz CT molecular complexity index is 796. The molecule has 3 aliphatic rings. The topological polar surface area (TPSA) is 150 Å². The summed E-state index contributed by atoms with van der Waals surface area (Å²) >= 11 is 1.90. The van der Waals surface area contributed by atoms with Crippen molar-refractivity contribution in [1.82, 2.24) is 15.7 Å². The second-order valence-electron chi connectivity index (χ2n) is 9.14. The van der Waals surface area contributed by atoms with Crippen molar-refractivity contribution >= 4 is 41.4 Å². The highest BCUT2D eigenvalue weighted by molar-refractivity contribution is 8.00. The maximum atomic E-state index is 12.1. The number of nitrogens with one attached hydrogen (secondary N) is 2. The van der Waals surface area contributed by atoms with E-state index in [1.54, 1.807) is 0 Å². The number of hydroxylamine groups is 2. The van der Waals surface area contributed by atoms with Gasteiger partial charge in [-0.1, -0.05) is 6.42 Å². The summed E-state index contributed by atoms with van der Waals surface area (Å²) in [7, 11) is 0. The highest BCUT2D eigenvalue weighted by Crippen LogP contribution is 2.33. The number of ketones is 1. The van der Waals surface area contributed by atoms with E-state index in [1.165, 1.54) is 0 Å². The van der Waals surface area contributed by atoms with E-state index in [1.807, 2.05) is 11.8 Å². The lowest BCUT2D eigenvalue weighted by molar-refractivity contribution is -0.198. The zero-order valence-electron chi connectivity index (χ0n) is 21.1. The average Bonchev–Trinajstić information content (AvgIpc) is 3.52. The molecule has 2 N–H and O–H groups in total. The second-order valence-corrected chi connectivity index (χ2v) is 10.4. The van der Waals surface area contributed by atoms with Crippen molar-refractivity contribution < 1.29 is 43.0 Å². The molecule has 0 aromatic carbocycles. The third-order valence-corrected chi connectivity index (χ3v) is 7.78. The van der Waals surface area contributed by atoms with Gasteiger partial charge in [-0.2, -0.15) is 11.8 Å². The van der Waals surface area contributed by atoms with Crippen LogP contribution in [0, 0.1) is 0 Å². The summed E-state index contributed by atoms with van der Waals surface area (Å²) < 4.78 is 16.1. The van der Waals surface area contributed by atoms with Crippen LogP contribution in [0.5, 0.6) is 0 Å². The zero-order chi connectivity index (χ0) is 26.5. The van der Waals surface area contributed by atoms with Crippen LogP contribution in [0.2, 0.25) is 0 Å². The van der Waals surface area contributed by atoms with Crippen LogP contribution in [0.3, 0.4) is 0 Å². The summed E-state index contributed by atoms with van der Waals surface area (Å²) in [5, 5.41) is 6.89. The van der Waals surface area contributed by atoms with Gasteiger partial charge in [0.1, 0.15) is 5.78 Å². The van der Waals surface area contributed by atoms with Crippen LogP contribution in [0.25, 0.3) is 0 Å². The largest absolute Gasteiger partial charge is 0.379 e. The summed E-state index contributed by atoms with van der Waals surface area (Å²) in [5.41, 5.74) is 0. The van der Waals surface area contributed by atoms with Crippen LogP contribution in [-0.2, 0) is 38.2 Å². The SMILES string of the molecule is O=C(CCCC[C@@H]1SC[C@@H]2NC(=O)N[C@@H]21)CCCOCCOCCOCCC(=O)ON1C(=O)CCC1=O. The van der Waals surface area contributed by atoms with Crippen molar-refractivity contribution in [3.05, 3.63) is 0 Å². The van der Waals surface area contributed by atoms with Crippen molar-refractivity contribution in [2.75, 3.05) is 45.4 Å². The van der Waals surface area contributed by atoms with Crippen LogP contribution >= 0.6 is 11.8 Å². The molecule has 3 atom stereocenters. The average molecular weight is 544 g/mol. The molecule has 0 radical (unpaired) electrons. The molecular weight excluding hydrogens is 506 g/mol. The van der Waals surface area contributed by atoms with Gasteiger partial charge in [0, 0.05) is 43.3 Å². The van der Waals surface area contributed by atoms with E-state index in [0.717, 1.165) is 25.0 Å². The van der Waals surface area contributed by atoms with Gasteiger partial charge >= 0.3 is 12.0 Å². The molecule has 0 spiro atoms. The molecule has 3 fully saturated rings. The molecule has 37 heavy (non-hydrogen) atoms. The van der Waals surface area contributed by atoms with Gasteiger partial charge in [-0.05, 0) is 19.3 Å². The monoisotopic (exact) mass is 543 g/mol. The number of unbranched alkanes of at least 4 members (excludes halogenated alkanes) is 1. The van der Waals surface area contributed by atoms with Crippen molar-refractivity contribution in [2.24, 2.45) is 0 Å². The Labute approximate surface area is 220 Å². The molecule has 0 aromatic heterocycles. The Morgan fingerprint density at radius 3 is 2.19 bits per heavy atom. The number of amides is 4. The molecule has 0 bridgehead atoms. The lowest BCUT2D eigenvalue weighted by atomic mass is 10.0. The third kappa shape index (κ3) is 10.2. The van der Waals surface area contributed by atoms with E-state index in [9.17, 15) is 24.0 Å². The number of rotatable bonds is 19. The van der Waals surface area contributed by atoms with Crippen LogP contribution in [0.15, 0.2) is 0 Å². The quantitative estimate of drug-likeness (QED) is 0.138. The van der Waals surface area contributed by atoms with Gasteiger partial charge in [0.15, 0.2) is 0 Å². The van der Waals surface area contributed by atoms with Crippen LogP contribution in [0.1, 0.15) is 57.8 Å². The minimum Gasteiger partial charge on any atom is -0.379 e. The van der Waals surface area contributed by atoms with E-state index in [4.69, 9.17) is 19.0 Å². The molecule has 0 aliphatic carbocycles. The first kappa shape index (κ1) is 29.3. The minimum absolute atomic E-state index is 0.0606. The maximum absolute atomic E-state index is 12.1. The highest BCUT2D eigenvalue weighted by atomic mass is 32.2. The number of fused-ring (bicyclic) bond motifs is 1. The highest BCUT2D eigenvalue weighted by Gasteiger charge is 2.42. The number of Topliss-reactive ketones (excluding diaryl/α,β-unsaturated/α-hetero) is 1. The Kier molecular flexibility index (Phi) is 12.6. The van der Waals surface area contributed by atoms with Crippen molar-refractivity contribution in [3.8, 4) is 0 Å². The van der Waals surface area contributed by atoms with Crippen LogP contribution in [0.4, 0.5) is 4.79 Å². The Morgan fingerprint density at radius 2 is 1.46 bits per heavy atom. The maximum Gasteiger partial charge on any atom is 0.335 e. The fourth-order valence-corrected chi connectivity index (χ4v) is 5.85. The lowest BCUT2D eigenvalue weighted by Gasteiger charge is -2.16. The number of hydrogen-bond donors (Lipinski definition) is 2. The smallest absolute Gasteiger partial charge is 0.335 e. The molecule has 0 unspecified atom stereocenters. The molecule has 3 aliphatic heterocycles. The van der Waals surface area contributed by atoms with Gasteiger partial charge in [0.25, 0.3) is 11.8 Å². The third-order valence-electron chi connectivity index (χ3n) is 6.27. The first-order chi connectivity index (χ1) is 17.9. The number of nitrogens with zero attached hydrogens (tertiary/aromatic N) is 1. The van der Waals surface area contributed by atoms with Gasteiger partial charge < -0.3 is 29.7 Å². The molecule has 13 heteroatoms. The van der Waals surface area contributed by atoms with Gasteiger partial charge in [-0.3, -0.25) is 14.4 Å². The number of carbonyl (C=O) groups is 5. The van der Waals surface area contributed by atoms with Crippen LogP contribution < -0.4 is 10.6 Å². The van der Waals surface area contributed by atoms with Gasteiger partial charge in [-0.25, -0.2) is 9.59 Å². The predicted octanol–water partition coefficient (Wildman–Crippen LogP) is 1.11. The molecule has 12 nitrogen and oxygen atoms in total. The number of imide groups is 1. The zero-order valence-corrected chi connectivity index (χ0v) is 21.9. The summed E-state index contributed by atoms with van der Waals surface area (Å²) in [6.07, 6.45) is 4.73. The molecule has 4 amide bonds. The molecule has 3 saturated heterocycles. The summed E-state index contributed by atoms with van der Waals surface area (Å²) in [6, 6.07) is 0.402. The second kappa shape index (κ2) is 15.9. The lowest BCUT2D eigenvalue weighted by Crippen LogP contribution is -2.36. The Hall–Kier alpha value is -2.22. The molecular formula is C24H37N3O9S. The number of urea groups is 1. The van der Waals surface area contributed by atoms with E-state index in [2.05, 4.69) is 10.6 Å². The Morgan fingerprint density at radius 1 is 0.811 bits per heavy atom. The van der Waals surface area contributed by atoms with Gasteiger partial charge in [-0.15, -0.1) is 5.06 Å². The predicted molar refractivity (Wildman–Crippen MR) is 132 cm³/mol. The van der Waals surface area contributed by atoms with Crippen LogP contribution in [-0.4, -0.2) is 97.4 Å². The number of carbonyl (C=O) groups excluding carboxylic acids is 5. The molecule has 0 saturated carbocycles. The van der Waals surface area contributed by atoms with Crippen molar-refractivity contribution in [3.63, 3.8) is 0 Å². The number of hydrogen-bond acceptors (Lipinski definition) is 10. The van der Waals surface area contributed by atoms with Crippen molar-refractivity contribution in [1.29, 1.82) is 0 Å². The molecule has 208 valence electrons. The first-order valence-electron chi connectivity index (χ1n) is 12.9. The van der Waals surface area contributed by atoms with Gasteiger partial charge in [0.05, 0.1) is 51.5 Å². The summed E-state index contributed by atoms with van der Waals surface area (Å²) in [5.74, 6) is -0.504. The number of ether oxygens (including phenoxy) is 3. The molecule has 3 heterocycles. The van der Waals surface area contributed by atoms with E-state index in [0.29, 0.717) is 56.0 Å². The van der Waals surface area contributed by atoms with E-state index < -0.39 is 17.8 Å². The summed E-state index contributed by atoms with van der Waals surface area (Å²) in [4.78, 5) is 62.6. The van der Waals surface area contributed by atoms with Gasteiger partial charge in [0.2, 0.25) is 0 Å². The minimum atomic E-state index is -0.698. The van der Waals surface area contributed by atoms with E-state index >= 15 is 0 Å². The van der Waals surface area contributed by atoms with E-state index in [-0.39, 0.29) is 56.4 Å². The van der Waals surface area contributed by atoms with Crippen molar-refractivity contribution in [2.45, 2.75) is 75.1 Å².